The van der Waals surface area contributed by atoms with E-state index in [4.69, 9.17) is 3.63 Å². The number of halogens is 9. The summed E-state index contributed by atoms with van der Waals surface area (Å²) in [6, 6.07) is 16.6. The van der Waals surface area contributed by atoms with E-state index < -0.39 is 43.7 Å². The van der Waals surface area contributed by atoms with Crippen molar-refractivity contribution >= 4 is 20.4 Å². The lowest BCUT2D eigenvalue weighted by molar-refractivity contribution is -0.382. The first kappa shape index (κ1) is 28.7. The molecule has 0 heterocycles. The second-order valence-corrected chi connectivity index (χ2v) is 11.9. The van der Waals surface area contributed by atoms with Crippen LogP contribution in [0.3, 0.4) is 0 Å². The third-order valence-corrected chi connectivity index (χ3v) is 10.2. The van der Waals surface area contributed by atoms with Crippen molar-refractivity contribution in [2.75, 3.05) is 0 Å². The van der Waals surface area contributed by atoms with E-state index in [1.807, 2.05) is 0 Å². The molecule has 0 bridgehead atoms. The highest BCUT2D eigenvalue weighted by molar-refractivity contribution is 8.33. The molecule has 0 amide bonds. The number of phenolic OH excluding ortho intramolecular Hbond substituents is 1. The maximum atomic E-state index is 14.7. The second-order valence-electron chi connectivity index (χ2n) is 7.36. The minimum absolute atomic E-state index is 0.225. The lowest BCUT2D eigenvalue weighted by atomic mass is 10.1. The number of alkyl halides is 9. The average Bonchev–Trinajstić information content (AvgIpc) is 2.83. The van der Waals surface area contributed by atoms with Crippen molar-refractivity contribution < 1.29 is 56.7 Å². The van der Waals surface area contributed by atoms with E-state index in [-0.39, 0.29) is 20.4 Å². The van der Waals surface area contributed by atoms with Crippen molar-refractivity contribution in [1.82, 2.24) is 0 Å². The van der Waals surface area contributed by atoms with Crippen molar-refractivity contribution in [3.63, 3.8) is 0 Å². The first-order valence-electron chi connectivity index (χ1n) is 9.80. The SMILES string of the molecule is O=S(=O)(OS(c1ccccc1)(c1ccccc1)c1ccc(O)cc1)C(F)(F)C(F)(F)C(F)(F)C(F)(F)F. The summed E-state index contributed by atoms with van der Waals surface area (Å²) >= 11 is 0. The van der Waals surface area contributed by atoms with Gasteiger partial charge in [-0.3, -0.25) is 0 Å². The van der Waals surface area contributed by atoms with E-state index in [1.54, 1.807) is 0 Å². The Kier molecular flexibility index (Phi) is 7.31. The highest BCUT2D eigenvalue weighted by Gasteiger charge is 2.86. The Morgan fingerprint density at radius 3 is 1.32 bits per heavy atom. The number of aromatic hydroxyl groups is 1. The van der Waals surface area contributed by atoms with Crippen molar-refractivity contribution in [1.29, 1.82) is 0 Å². The van der Waals surface area contributed by atoms with Gasteiger partial charge in [0.25, 0.3) is 0 Å². The van der Waals surface area contributed by atoms with Gasteiger partial charge in [-0.1, -0.05) is 36.4 Å². The lowest BCUT2D eigenvalue weighted by Crippen LogP contribution is -2.63. The van der Waals surface area contributed by atoms with Crippen molar-refractivity contribution in [2.24, 2.45) is 0 Å². The molecule has 0 unspecified atom stereocenters. The number of benzene rings is 3. The molecular formula is C22H15F9O4S2. The van der Waals surface area contributed by atoms with Crippen molar-refractivity contribution in [3.05, 3.63) is 84.9 Å². The normalized spacial score (nSPS) is 14.4. The zero-order valence-corrected chi connectivity index (χ0v) is 19.6. The molecule has 0 saturated carbocycles. The van der Waals surface area contributed by atoms with Crippen LogP contribution in [0.5, 0.6) is 5.75 Å². The van der Waals surface area contributed by atoms with E-state index in [0.29, 0.717) is 0 Å². The Hall–Kier alpha value is -2.91. The Balaban J connectivity index is 2.34. The molecule has 0 aliphatic heterocycles. The van der Waals surface area contributed by atoms with Gasteiger partial charge >= 0.3 is 33.4 Å². The second kappa shape index (κ2) is 9.44. The molecule has 0 radical (unpaired) electrons. The van der Waals surface area contributed by atoms with Gasteiger partial charge in [0.05, 0.1) is 0 Å². The fraction of sp³-hybridized carbons (Fsp3) is 0.182. The third-order valence-electron chi connectivity index (χ3n) is 4.94. The van der Waals surface area contributed by atoms with Gasteiger partial charge in [0, 0.05) is 14.7 Å². The summed E-state index contributed by atoms with van der Waals surface area (Å²) in [5.74, 6) is -15.3. The van der Waals surface area contributed by atoms with Crippen LogP contribution in [0.1, 0.15) is 0 Å². The summed E-state index contributed by atoms with van der Waals surface area (Å²) < 4.78 is 152. The highest BCUT2D eigenvalue weighted by Crippen LogP contribution is 2.71. The molecular weight excluding hydrogens is 563 g/mol. The summed E-state index contributed by atoms with van der Waals surface area (Å²) in [5.41, 5.74) is 0. The van der Waals surface area contributed by atoms with Crippen LogP contribution < -0.4 is 0 Å². The van der Waals surface area contributed by atoms with E-state index in [1.165, 1.54) is 36.4 Å². The van der Waals surface area contributed by atoms with E-state index in [2.05, 4.69) is 0 Å². The van der Waals surface area contributed by atoms with Crippen LogP contribution in [0.25, 0.3) is 0 Å². The first-order valence-corrected chi connectivity index (χ1v) is 12.8. The molecule has 15 heteroatoms. The Bertz CT molecular complexity index is 1290. The van der Waals surface area contributed by atoms with Gasteiger partial charge in [-0.25, -0.2) is 3.63 Å². The summed E-state index contributed by atoms with van der Waals surface area (Å²) in [4.78, 5) is -0.748. The van der Waals surface area contributed by atoms with Gasteiger partial charge in [0.1, 0.15) is 5.75 Å². The van der Waals surface area contributed by atoms with Crippen molar-refractivity contribution in [2.45, 2.75) is 38.0 Å². The standard InChI is InChI=1S/C22H15F9O4S2/c23-19(24,21(27,28)29)20(25,26)22(30,31)37(33,34)35-36(16-7-3-1-4-8-16,17-9-5-2-6-10-17)18-13-11-15(32)12-14-18/h1-14,32H. The van der Waals surface area contributed by atoms with E-state index in [0.717, 1.165) is 48.5 Å². The molecule has 3 aromatic carbocycles. The van der Waals surface area contributed by atoms with Crippen LogP contribution in [-0.2, 0) is 13.7 Å². The summed E-state index contributed by atoms with van der Waals surface area (Å²) in [6.45, 7) is 0. The molecule has 0 spiro atoms. The van der Waals surface area contributed by atoms with Crippen LogP contribution in [0, 0.1) is 0 Å². The predicted molar refractivity (Wildman–Crippen MR) is 114 cm³/mol. The van der Waals surface area contributed by atoms with E-state index in [9.17, 15) is 53.0 Å². The maximum absolute atomic E-state index is 14.7. The highest BCUT2D eigenvalue weighted by atomic mass is 32.3. The van der Waals surface area contributed by atoms with Gasteiger partial charge in [-0.2, -0.15) is 47.9 Å². The molecule has 0 atom stereocenters. The number of hydrogen-bond donors (Lipinski definition) is 1. The fourth-order valence-corrected chi connectivity index (χ4v) is 8.30. The Morgan fingerprint density at radius 2 is 0.946 bits per heavy atom. The molecule has 3 aromatic rings. The molecule has 0 aliphatic rings. The minimum Gasteiger partial charge on any atom is -0.508 e. The first-order chi connectivity index (χ1) is 16.9. The Morgan fingerprint density at radius 1 is 0.568 bits per heavy atom. The third kappa shape index (κ3) is 4.63. The lowest BCUT2D eigenvalue weighted by Gasteiger charge is -2.41. The van der Waals surface area contributed by atoms with Crippen LogP contribution in [0.4, 0.5) is 39.5 Å². The fourth-order valence-electron chi connectivity index (χ4n) is 3.08. The molecule has 3 rings (SSSR count). The van der Waals surface area contributed by atoms with Gasteiger partial charge in [0.15, 0.2) is 0 Å². The van der Waals surface area contributed by atoms with Crippen LogP contribution in [0.2, 0.25) is 0 Å². The molecule has 0 saturated heterocycles. The zero-order chi connectivity index (χ0) is 27.9. The number of hydrogen-bond acceptors (Lipinski definition) is 4. The minimum atomic E-state index is -7.47. The molecule has 4 nitrogen and oxygen atoms in total. The zero-order valence-electron chi connectivity index (χ0n) is 18.0. The molecule has 0 aliphatic carbocycles. The van der Waals surface area contributed by atoms with Crippen LogP contribution >= 0.6 is 10.3 Å². The predicted octanol–water partition coefficient (Wildman–Crippen LogP) is 7.36. The van der Waals surface area contributed by atoms with Crippen LogP contribution in [0.15, 0.2) is 99.6 Å². The van der Waals surface area contributed by atoms with Gasteiger partial charge in [0.2, 0.25) is 0 Å². The molecule has 37 heavy (non-hydrogen) atoms. The van der Waals surface area contributed by atoms with Gasteiger partial charge < -0.3 is 5.11 Å². The van der Waals surface area contributed by atoms with Gasteiger partial charge in [-0.15, -0.1) is 0 Å². The topological polar surface area (TPSA) is 63.6 Å². The molecule has 0 aromatic heterocycles. The monoisotopic (exact) mass is 578 g/mol. The average molecular weight is 578 g/mol. The van der Waals surface area contributed by atoms with Crippen molar-refractivity contribution in [3.8, 4) is 5.75 Å². The maximum Gasteiger partial charge on any atom is 0.460 e. The molecule has 202 valence electrons. The smallest absolute Gasteiger partial charge is 0.460 e. The van der Waals surface area contributed by atoms with Gasteiger partial charge in [-0.05, 0) is 58.8 Å². The van der Waals surface area contributed by atoms with Crippen LogP contribution in [-0.4, -0.2) is 36.8 Å². The Labute approximate surface area is 206 Å². The molecule has 1 N–H and O–H groups in total. The summed E-state index contributed by atoms with van der Waals surface area (Å²) in [5, 5.41) is 2.58. The largest absolute Gasteiger partial charge is 0.508 e. The summed E-state index contributed by atoms with van der Waals surface area (Å²) in [6.07, 6.45) is -7.23. The molecule has 0 fully saturated rings. The quantitative estimate of drug-likeness (QED) is 0.284. The number of phenols is 1. The number of rotatable bonds is 8. The summed E-state index contributed by atoms with van der Waals surface area (Å²) in [7, 11) is -11.3. The van der Waals surface area contributed by atoms with E-state index >= 15 is 0 Å².